The molecule has 0 unspecified atom stereocenters. The summed E-state index contributed by atoms with van der Waals surface area (Å²) >= 11 is 0. The summed E-state index contributed by atoms with van der Waals surface area (Å²) in [5, 5.41) is 0.836. The number of piperazine rings is 1. The number of amides is 1. The molecule has 0 radical (unpaired) electrons. The van der Waals surface area contributed by atoms with Gasteiger partial charge in [0, 0.05) is 56.1 Å². The number of halogens is 1. The van der Waals surface area contributed by atoms with Crippen LogP contribution in [0.3, 0.4) is 0 Å². The zero-order valence-corrected chi connectivity index (χ0v) is 17.6. The average molecular weight is 426 g/mol. The van der Waals surface area contributed by atoms with Crippen LogP contribution < -0.4 is 0 Å². The van der Waals surface area contributed by atoms with Crippen molar-refractivity contribution in [3.63, 3.8) is 0 Å². The lowest BCUT2D eigenvalue weighted by Crippen LogP contribution is -2.48. The second-order valence-corrected chi connectivity index (χ2v) is 8.00. The Kier molecular flexibility index (Phi) is 5.60. The van der Waals surface area contributed by atoms with E-state index in [0.717, 1.165) is 36.1 Å². The first-order valence-electron chi connectivity index (χ1n) is 10.7. The molecule has 160 valence electrons. The number of pyridine rings is 2. The first-order valence-corrected chi connectivity index (χ1v) is 10.7. The molecule has 5 rings (SSSR count). The van der Waals surface area contributed by atoms with Gasteiger partial charge in [-0.2, -0.15) is 0 Å². The topological polar surface area (TPSA) is 49.3 Å². The molecule has 0 N–H and O–H groups in total. The number of hydrogen-bond donors (Lipinski definition) is 0. The first kappa shape index (κ1) is 20.3. The molecule has 0 aliphatic carbocycles. The second kappa shape index (κ2) is 8.85. The predicted octanol–water partition coefficient (Wildman–Crippen LogP) is 4.39. The van der Waals surface area contributed by atoms with Crippen molar-refractivity contribution in [1.29, 1.82) is 0 Å². The molecule has 0 atom stereocenters. The summed E-state index contributed by atoms with van der Waals surface area (Å²) in [5.74, 6) is -0.286. The molecule has 5 nitrogen and oxygen atoms in total. The number of fused-ring (bicyclic) bond motifs is 1. The molecule has 6 heteroatoms. The van der Waals surface area contributed by atoms with Crippen LogP contribution in [0.25, 0.3) is 22.2 Å². The molecule has 0 bridgehead atoms. The number of para-hydroxylation sites is 1. The average Bonchev–Trinajstić information content (AvgIpc) is 2.84. The van der Waals surface area contributed by atoms with E-state index in [4.69, 9.17) is 4.98 Å². The molecule has 3 heterocycles. The maximum atomic E-state index is 13.5. The van der Waals surface area contributed by atoms with Crippen LogP contribution in [0.15, 0.2) is 79.1 Å². The van der Waals surface area contributed by atoms with Crippen molar-refractivity contribution in [2.75, 3.05) is 26.2 Å². The highest BCUT2D eigenvalue weighted by molar-refractivity contribution is 6.07. The third-order valence-corrected chi connectivity index (χ3v) is 5.90. The van der Waals surface area contributed by atoms with Crippen molar-refractivity contribution in [1.82, 2.24) is 19.8 Å². The van der Waals surface area contributed by atoms with Crippen LogP contribution in [-0.2, 0) is 6.54 Å². The second-order valence-electron chi connectivity index (χ2n) is 8.00. The number of carbonyl (C=O) groups excluding carboxylic acids is 1. The number of aromatic nitrogens is 2. The summed E-state index contributed by atoms with van der Waals surface area (Å²) in [4.78, 5) is 26.6. The Balaban J connectivity index is 1.39. The van der Waals surface area contributed by atoms with Crippen LogP contribution in [0.4, 0.5) is 4.39 Å². The number of nitrogens with zero attached hydrogens (tertiary/aromatic N) is 4. The van der Waals surface area contributed by atoms with Gasteiger partial charge in [0.1, 0.15) is 5.82 Å². The first-order chi connectivity index (χ1) is 15.7. The lowest BCUT2D eigenvalue weighted by molar-refractivity contribution is 0.0630. The van der Waals surface area contributed by atoms with Crippen LogP contribution in [0, 0.1) is 5.82 Å². The SMILES string of the molecule is O=C(c1cc(-c2ccc(F)cc2)nc2ccccc12)N1CCN(Cc2ccncc2)CC1. The van der Waals surface area contributed by atoms with E-state index in [1.165, 1.54) is 17.7 Å². The van der Waals surface area contributed by atoms with Crippen molar-refractivity contribution in [2.24, 2.45) is 0 Å². The third-order valence-electron chi connectivity index (χ3n) is 5.90. The Labute approximate surface area is 186 Å². The molecule has 1 saturated heterocycles. The summed E-state index contributed by atoms with van der Waals surface area (Å²) in [6.45, 7) is 3.85. The standard InChI is InChI=1S/C26H23FN4O/c27-21-7-5-20(6-8-21)25-17-23(22-3-1-2-4-24(22)29-25)26(32)31-15-13-30(14-16-31)18-19-9-11-28-12-10-19/h1-12,17H,13-16,18H2. The van der Waals surface area contributed by atoms with Gasteiger partial charge in [0.15, 0.2) is 0 Å². The smallest absolute Gasteiger partial charge is 0.254 e. The molecule has 1 aliphatic rings. The number of carbonyl (C=O) groups is 1. The van der Waals surface area contributed by atoms with Gasteiger partial charge in [0.05, 0.1) is 16.8 Å². The largest absolute Gasteiger partial charge is 0.336 e. The Morgan fingerprint density at radius 1 is 0.906 bits per heavy atom. The fourth-order valence-electron chi connectivity index (χ4n) is 4.15. The van der Waals surface area contributed by atoms with E-state index in [9.17, 15) is 9.18 Å². The van der Waals surface area contributed by atoms with Gasteiger partial charge in [-0.15, -0.1) is 0 Å². The van der Waals surface area contributed by atoms with E-state index < -0.39 is 0 Å². The number of hydrogen-bond acceptors (Lipinski definition) is 4. The normalized spacial score (nSPS) is 14.6. The monoisotopic (exact) mass is 426 g/mol. The van der Waals surface area contributed by atoms with Gasteiger partial charge in [-0.25, -0.2) is 9.37 Å². The van der Waals surface area contributed by atoms with Crippen molar-refractivity contribution in [3.05, 3.63) is 96.1 Å². The van der Waals surface area contributed by atoms with E-state index in [-0.39, 0.29) is 11.7 Å². The van der Waals surface area contributed by atoms with Crippen LogP contribution in [0.1, 0.15) is 15.9 Å². The Hall–Kier alpha value is -3.64. The van der Waals surface area contributed by atoms with E-state index in [1.54, 1.807) is 12.1 Å². The zero-order valence-electron chi connectivity index (χ0n) is 17.6. The molecule has 1 fully saturated rings. The van der Waals surface area contributed by atoms with Crippen molar-refractivity contribution in [2.45, 2.75) is 6.54 Å². The highest BCUT2D eigenvalue weighted by atomic mass is 19.1. The quantitative estimate of drug-likeness (QED) is 0.486. The van der Waals surface area contributed by atoms with Gasteiger partial charge in [-0.1, -0.05) is 18.2 Å². The Bertz CT molecular complexity index is 1240. The molecule has 2 aromatic heterocycles. The predicted molar refractivity (Wildman–Crippen MR) is 123 cm³/mol. The Morgan fingerprint density at radius 3 is 2.38 bits per heavy atom. The van der Waals surface area contributed by atoms with Gasteiger partial charge < -0.3 is 4.90 Å². The van der Waals surface area contributed by atoms with Gasteiger partial charge >= 0.3 is 0 Å². The van der Waals surface area contributed by atoms with Gasteiger partial charge in [-0.05, 0) is 54.1 Å². The third kappa shape index (κ3) is 4.22. The summed E-state index contributed by atoms with van der Waals surface area (Å²) in [5.41, 5.74) is 4.08. The molecule has 1 amide bonds. The minimum Gasteiger partial charge on any atom is -0.336 e. The lowest BCUT2D eigenvalue weighted by Gasteiger charge is -2.35. The summed E-state index contributed by atoms with van der Waals surface area (Å²) in [7, 11) is 0. The van der Waals surface area contributed by atoms with Crippen LogP contribution >= 0.6 is 0 Å². The van der Waals surface area contributed by atoms with Crippen molar-refractivity contribution >= 4 is 16.8 Å². The van der Waals surface area contributed by atoms with E-state index in [2.05, 4.69) is 9.88 Å². The van der Waals surface area contributed by atoms with Crippen LogP contribution in [0.5, 0.6) is 0 Å². The van der Waals surface area contributed by atoms with Crippen LogP contribution in [0.2, 0.25) is 0 Å². The molecule has 2 aromatic carbocycles. The highest BCUT2D eigenvalue weighted by Crippen LogP contribution is 2.26. The van der Waals surface area contributed by atoms with Crippen molar-refractivity contribution < 1.29 is 9.18 Å². The molecule has 0 saturated carbocycles. The molecular formula is C26H23FN4O. The summed E-state index contributed by atoms with van der Waals surface area (Å²) in [6, 6.07) is 19.8. The van der Waals surface area contributed by atoms with Gasteiger partial charge in [0.25, 0.3) is 5.91 Å². The molecule has 0 spiro atoms. The zero-order chi connectivity index (χ0) is 21.9. The Morgan fingerprint density at radius 2 is 1.62 bits per heavy atom. The molecule has 1 aliphatic heterocycles. The molecule has 32 heavy (non-hydrogen) atoms. The maximum absolute atomic E-state index is 13.5. The maximum Gasteiger partial charge on any atom is 0.254 e. The summed E-state index contributed by atoms with van der Waals surface area (Å²) < 4.78 is 13.4. The number of rotatable bonds is 4. The lowest BCUT2D eigenvalue weighted by atomic mass is 10.0. The van der Waals surface area contributed by atoms with Crippen LogP contribution in [-0.4, -0.2) is 51.9 Å². The van der Waals surface area contributed by atoms with Gasteiger partial charge in [0.2, 0.25) is 0 Å². The molecule has 4 aromatic rings. The fraction of sp³-hybridized carbons (Fsp3) is 0.192. The minimum atomic E-state index is -0.296. The van der Waals surface area contributed by atoms with E-state index >= 15 is 0 Å². The molecular weight excluding hydrogens is 403 g/mol. The van der Waals surface area contributed by atoms with Gasteiger partial charge in [-0.3, -0.25) is 14.7 Å². The highest BCUT2D eigenvalue weighted by Gasteiger charge is 2.24. The number of benzene rings is 2. The fourth-order valence-corrected chi connectivity index (χ4v) is 4.15. The minimum absolute atomic E-state index is 0.00974. The summed E-state index contributed by atoms with van der Waals surface area (Å²) in [6.07, 6.45) is 3.62. The van der Waals surface area contributed by atoms with Crippen molar-refractivity contribution in [3.8, 4) is 11.3 Å². The van der Waals surface area contributed by atoms with E-state index in [1.807, 2.05) is 59.8 Å². The van der Waals surface area contributed by atoms with E-state index in [0.29, 0.717) is 24.3 Å².